The average Bonchev–Trinajstić information content (AvgIpc) is 3.46. The standard InChI is InChI=1S/C30H33F3N8O3S/c1-20-17-40(13-12-39(20)18-27(42)41-19-37-25-4-3-9-34-28(25)41)26-6-5-22(30(31,32)33)14-24(26)21-15-35-29(36-16-21)38-10-7-23(8-11-38)45(2,43)44/h3-6,9,14-16,19-20,23H,7-8,10-13,17-18H2,1-2H3. The van der Waals surface area contributed by atoms with Gasteiger partial charge in [-0.2, -0.15) is 13.2 Å². The van der Waals surface area contributed by atoms with Gasteiger partial charge in [0.05, 0.1) is 17.4 Å². The number of aromatic nitrogens is 5. The van der Waals surface area contributed by atoms with Gasteiger partial charge in [0, 0.05) is 80.4 Å². The molecule has 2 saturated heterocycles. The molecule has 0 N–H and O–H groups in total. The number of halogens is 3. The predicted molar refractivity (Wildman–Crippen MR) is 164 cm³/mol. The van der Waals surface area contributed by atoms with Crippen molar-refractivity contribution in [3.8, 4) is 11.1 Å². The summed E-state index contributed by atoms with van der Waals surface area (Å²) < 4.78 is 66.6. The molecule has 2 aliphatic rings. The first-order chi connectivity index (χ1) is 21.4. The molecule has 6 rings (SSSR count). The Morgan fingerprint density at radius 3 is 2.38 bits per heavy atom. The highest BCUT2D eigenvalue weighted by molar-refractivity contribution is 7.91. The molecule has 11 nitrogen and oxygen atoms in total. The van der Waals surface area contributed by atoms with E-state index in [-0.39, 0.29) is 18.5 Å². The number of nitrogens with zero attached hydrogens (tertiary/aromatic N) is 8. The van der Waals surface area contributed by atoms with E-state index < -0.39 is 26.8 Å². The highest BCUT2D eigenvalue weighted by Gasteiger charge is 2.33. The zero-order chi connectivity index (χ0) is 31.9. The Hall–Kier alpha value is -4.11. The van der Waals surface area contributed by atoms with Gasteiger partial charge in [0.1, 0.15) is 21.7 Å². The van der Waals surface area contributed by atoms with Gasteiger partial charge in [0.2, 0.25) is 11.9 Å². The minimum Gasteiger partial charge on any atom is -0.368 e. The van der Waals surface area contributed by atoms with Crippen LogP contribution in [-0.2, 0) is 16.0 Å². The molecule has 0 aliphatic carbocycles. The summed E-state index contributed by atoms with van der Waals surface area (Å²) in [5, 5.41) is -0.399. The lowest BCUT2D eigenvalue weighted by atomic mass is 10.0. The van der Waals surface area contributed by atoms with E-state index >= 15 is 0 Å². The van der Waals surface area contributed by atoms with Gasteiger partial charge in [0.15, 0.2) is 5.65 Å². The number of carbonyl (C=O) groups is 1. The number of imidazole rings is 1. The SMILES string of the molecule is CC1CN(c2ccc(C(F)(F)F)cc2-c2cnc(N3CCC(S(C)(=O)=O)CC3)nc2)CCN1CC(=O)n1cnc2cccnc21. The molecule has 238 valence electrons. The van der Waals surface area contributed by atoms with E-state index in [1.807, 2.05) is 21.6 Å². The van der Waals surface area contributed by atoms with Crippen LogP contribution in [0.15, 0.2) is 55.2 Å². The summed E-state index contributed by atoms with van der Waals surface area (Å²) in [6, 6.07) is 7.17. The monoisotopic (exact) mass is 642 g/mol. The Labute approximate surface area is 258 Å². The largest absolute Gasteiger partial charge is 0.416 e. The van der Waals surface area contributed by atoms with Crippen LogP contribution in [0.4, 0.5) is 24.8 Å². The van der Waals surface area contributed by atoms with Gasteiger partial charge < -0.3 is 9.80 Å². The molecular weight excluding hydrogens is 609 g/mol. The number of anilines is 2. The lowest BCUT2D eigenvalue weighted by molar-refractivity contribution is -0.137. The normalized spacial score (nSPS) is 18.9. The number of fused-ring (bicyclic) bond motifs is 1. The number of piperazine rings is 1. The molecule has 45 heavy (non-hydrogen) atoms. The molecule has 4 aromatic rings. The number of alkyl halides is 3. The lowest BCUT2D eigenvalue weighted by Crippen LogP contribution is -2.53. The highest BCUT2D eigenvalue weighted by atomic mass is 32.2. The van der Waals surface area contributed by atoms with Crippen molar-refractivity contribution in [3.05, 3.63) is 60.8 Å². The second-order valence-electron chi connectivity index (χ2n) is 11.6. The summed E-state index contributed by atoms with van der Waals surface area (Å²) in [4.78, 5) is 36.5. The van der Waals surface area contributed by atoms with Crippen LogP contribution in [0.3, 0.4) is 0 Å². The smallest absolute Gasteiger partial charge is 0.368 e. The first-order valence-corrected chi connectivity index (χ1v) is 16.6. The van der Waals surface area contributed by atoms with Gasteiger partial charge in [-0.15, -0.1) is 0 Å². The number of hydrogen-bond acceptors (Lipinski definition) is 10. The summed E-state index contributed by atoms with van der Waals surface area (Å²) in [6.07, 6.45) is 3.76. The van der Waals surface area contributed by atoms with E-state index in [0.717, 1.165) is 12.1 Å². The Balaban J connectivity index is 1.19. The van der Waals surface area contributed by atoms with Crippen molar-refractivity contribution in [2.45, 2.75) is 37.2 Å². The Morgan fingerprint density at radius 2 is 1.71 bits per heavy atom. The zero-order valence-corrected chi connectivity index (χ0v) is 25.7. The molecule has 1 aromatic carbocycles. The van der Waals surface area contributed by atoms with E-state index in [1.54, 1.807) is 18.3 Å². The van der Waals surface area contributed by atoms with Crippen molar-refractivity contribution in [1.82, 2.24) is 29.4 Å². The molecule has 1 unspecified atom stereocenters. The van der Waals surface area contributed by atoms with Crippen molar-refractivity contribution in [1.29, 1.82) is 0 Å². The van der Waals surface area contributed by atoms with E-state index in [4.69, 9.17) is 0 Å². The van der Waals surface area contributed by atoms with Gasteiger partial charge in [0.25, 0.3) is 0 Å². The van der Waals surface area contributed by atoms with Crippen LogP contribution < -0.4 is 9.80 Å². The van der Waals surface area contributed by atoms with Gasteiger partial charge in [-0.25, -0.2) is 28.4 Å². The number of pyridine rings is 1. The Morgan fingerprint density at radius 1 is 0.978 bits per heavy atom. The Bertz CT molecular complexity index is 1810. The maximum absolute atomic E-state index is 13.8. The summed E-state index contributed by atoms with van der Waals surface area (Å²) in [6.45, 7) is 4.59. The number of piperidine rings is 1. The van der Waals surface area contributed by atoms with Gasteiger partial charge in [-0.3, -0.25) is 14.3 Å². The van der Waals surface area contributed by atoms with E-state index in [1.165, 1.54) is 35.6 Å². The van der Waals surface area contributed by atoms with Crippen molar-refractivity contribution in [2.24, 2.45) is 0 Å². The van der Waals surface area contributed by atoms with Crippen LogP contribution >= 0.6 is 0 Å². The third-order valence-corrected chi connectivity index (χ3v) is 10.3. The molecule has 0 amide bonds. The fourth-order valence-corrected chi connectivity index (χ4v) is 7.12. The maximum atomic E-state index is 13.8. The lowest BCUT2D eigenvalue weighted by Gasteiger charge is -2.41. The quantitative estimate of drug-likeness (QED) is 0.308. The number of rotatable bonds is 6. The highest BCUT2D eigenvalue weighted by Crippen LogP contribution is 2.38. The summed E-state index contributed by atoms with van der Waals surface area (Å²) in [5.41, 5.74) is 1.78. The average molecular weight is 643 g/mol. The van der Waals surface area contributed by atoms with Crippen molar-refractivity contribution >= 4 is 38.5 Å². The first kappa shape index (κ1) is 30.9. The zero-order valence-electron chi connectivity index (χ0n) is 24.9. The van der Waals surface area contributed by atoms with E-state index in [2.05, 4.69) is 19.9 Å². The molecular formula is C30H33F3N8O3S. The van der Waals surface area contributed by atoms with Crippen LogP contribution in [0.5, 0.6) is 0 Å². The third kappa shape index (κ3) is 6.50. The number of sulfone groups is 1. The van der Waals surface area contributed by atoms with Gasteiger partial charge in [-0.05, 0) is 50.1 Å². The fourth-order valence-electron chi connectivity index (χ4n) is 6.06. The first-order valence-electron chi connectivity index (χ1n) is 14.7. The molecule has 0 bridgehead atoms. The Kier molecular flexibility index (Phi) is 8.24. The molecule has 15 heteroatoms. The van der Waals surface area contributed by atoms with Crippen LogP contribution in [0.1, 0.15) is 30.1 Å². The minimum absolute atomic E-state index is 0.0749. The maximum Gasteiger partial charge on any atom is 0.416 e. The van der Waals surface area contributed by atoms with Crippen LogP contribution in [0.2, 0.25) is 0 Å². The summed E-state index contributed by atoms with van der Waals surface area (Å²) >= 11 is 0. The number of benzene rings is 1. The molecule has 2 fully saturated rings. The van der Waals surface area contributed by atoms with Crippen molar-refractivity contribution in [3.63, 3.8) is 0 Å². The second kappa shape index (κ2) is 12.0. The molecule has 0 radical (unpaired) electrons. The molecule has 2 aliphatic heterocycles. The van der Waals surface area contributed by atoms with Crippen molar-refractivity contribution < 1.29 is 26.4 Å². The molecule has 0 saturated carbocycles. The molecule has 3 aromatic heterocycles. The van der Waals surface area contributed by atoms with E-state index in [9.17, 15) is 26.4 Å². The van der Waals surface area contributed by atoms with E-state index in [0.29, 0.717) is 79.5 Å². The van der Waals surface area contributed by atoms with Crippen LogP contribution in [0, 0.1) is 0 Å². The molecule has 0 spiro atoms. The van der Waals surface area contributed by atoms with Gasteiger partial charge >= 0.3 is 6.18 Å². The molecule has 1 atom stereocenters. The summed E-state index contributed by atoms with van der Waals surface area (Å²) in [7, 11) is -3.13. The third-order valence-electron chi connectivity index (χ3n) is 8.62. The number of carbonyl (C=O) groups excluding carboxylic acids is 1. The summed E-state index contributed by atoms with van der Waals surface area (Å²) in [5.74, 6) is 0.247. The minimum atomic E-state index is -4.53. The van der Waals surface area contributed by atoms with Crippen molar-refractivity contribution in [2.75, 3.05) is 55.3 Å². The van der Waals surface area contributed by atoms with Crippen LogP contribution in [-0.4, -0.2) is 101 Å². The topological polar surface area (TPSA) is 117 Å². The van der Waals surface area contributed by atoms with Gasteiger partial charge in [-0.1, -0.05) is 0 Å². The van der Waals surface area contributed by atoms with Crippen LogP contribution in [0.25, 0.3) is 22.3 Å². The molecule has 5 heterocycles. The fraction of sp³-hybridized carbons (Fsp3) is 0.433. The number of hydrogen-bond donors (Lipinski definition) is 0. The second-order valence-corrected chi connectivity index (χ2v) is 14.0. The predicted octanol–water partition coefficient (Wildman–Crippen LogP) is 3.77.